The van der Waals surface area contributed by atoms with E-state index in [1.54, 1.807) is 0 Å². The highest BCUT2D eigenvalue weighted by molar-refractivity contribution is 6.74. The molecule has 0 aliphatic carbocycles. The molecule has 0 aromatic carbocycles. The van der Waals surface area contributed by atoms with Crippen LogP contribution in [0.4, 0.5) is 0 Å². The van der Waals surface area contributed by atoms with E-state index in [0.717, 1.165) is 12.8 Å². The first-order valence-electron chi connectivity index (χ1n) is 7.95. The molecule has 0 radical (unpaired) electrons. The van der Waals surface area contributed by atoms with Crippen molar-refractivity contribution in [1.82, 2.24) is 0 Å². The van der Waals surface area contributed by atoms with Crippen molar-refractivity contribution in [3.63, 3.8) is 0 Å². The Bertz CT molecular complexity index is 324. The first-order valence-corrected chi connectivity index (χ1v) is 10.9. The number of ether oxygens (including phenoxy) is 1. The summed E-state index contributed by atoms with van der Waals surface area (Å²) in [5, 5.41) is 9.63. The van der Waals surface area contributed by atoms with Crippen LogP contribution in [0.3, 0.4) is 0 Å². The molecule has 1 aliphatic rings. The topological polar surface area (TPSA) is 42.0 Å². The van der Waals surface area contributed by atoms with Crippen molar-refractivity contribution in [2.24, 2.45) is 5.92 Å². The van der Waals surface area contributed by atoms with E-state index in [0.29, 0.717) is 5.92 Å². The molecule has 1 rings (SSSR count). The first-order chi connectivity index (χ1) is 8.98. The second-order valence-electron chi connectivity index (χ2n) is 8.07. The molecule has 1 fully saturated rings. The van der Waals surface area contributed by atoms with Crippen LogP contribution < -0.4 is 0 Å². The van der Waals surface area contributed by atoms with Crippen LogP contribution in [0.5, 0.6) is 0 Å². The number of hydrogen-bond donors (Lipinski definition) is 1. The van der Waals surface area contributed by atoms with Crippen molar-refractivity contribution in [3.8, 4) is 0 Å². The van der Waals surface area contributed by atoms with Crippen molar-refractivity contribution in [3.05, 3.63) is 0 Å². The van der Waals surface area contributed by atoms with Crippen LogP contribution >= 0.6 is 0 Å². The SMILES string of the molecule is CCC[C@@H](O[Si](C)(C)C(C)(C)C)[C@H](C)[C@@H]1O[C@]1(C)CO. The average Bonchev–Trinajstić information content (AvgIpc) is 2.99. The van der Waals surface area contributed by atoms with E-state index in [1.165, 1.54) is 0 Å². The summed E-state index contributed by atoms with van der Waals surface area (Å²) in [4.78, 5) is 0. The van der Waals surface area contributed by atoms with E-state index >= 15 is 0 Å². The van der Waals surface area contributed by atoms with Crippen LogP contribution in [0.2, 0.25) is 18.1 Å². The molecule has 0 spiro atoms. The van der Waals surface area contributed by atoms with Gasteiger partial charge in [-0.25, -0.2) is 0 Å². The molecular formula is C16H34O3Si. The van der Waals surface area contributed by atoms with Gasteiger partial charge in [-0.3, -0.25) is 0 Å². The molecule has 4 heteroatoms. The zero-order valence-electron chi connectivity index (χ0n) is 14.6. The molecule has 1 aliphatic heterocycles. The van der Waals surface area contributed by atoms with E-state index < -0.39 is 8.32 Å². The summed E-state index contributed by atoms with van der Waals surface area (Å²) in [6, 6.07) is 0. The van der Waals surface area contributed by atoms with Crippen molar-refractivity contribution >= 4 is 8.32 Å². The molecule has 0 amide bonds. The Hall–Kier alpha value is 0.0969. The Morgan fingerprint density at radius 3 is 2.25 bits per heavy atom. The van der Waals surface area contributed by atoms with Crippen molar-refractivity contribution in [1.29, 1.82) is 0 Å². The lowest BCUT2D eigenvalue weighted by atomic mass is 9.91. The Kier molecular flexibility index (Phi) is 5.51. The predicted molar refractivity (Wildman–Crippen MR) is 86.5 cm³/mol. The van der Waals surface area contributed by atoms with Gasteiger partial charge in [-0.2, -0.15) is 0 Å². The summed E-state index contributed by atoms with van der Waals surface area (Å²) in [6.07, 6.45) is 2.55. The van der Waals surface area contributed by atoms with E-state index in [9.17, 15) is 5.11 Å². The second-order valence-corrected chi connectivity index (χ2v) is 12.8. The molecule has 20 heavy (non-hydrogen) atoms. The average molecular weight is 303 g/mol. The molecule has 0 unspecified atom stereocenters. The highest BCUT2D eigenvalue weighted by Crippen LogP contribution is 2.45. The molecule has 1 N–H and O–H groups in total. The number of rotatable bonds is 7. The molecule has 3 nitrogen and oxygen atoms in total. The minimum atomic E-state index is -1.76. The van der Waals surface area contributed by atoms with Gasteiger partial charge in [0.25, 0.3) is 0 Å². The molecule has 0 bridgehead atoms. The van der Waals surface area contributed by atoms with E-state index in [2.05, 4.69) is 47.7 Å². The van der Waals surface area contributed by atoms with Crippen LogP contribution in [-0.2, 0) is 9.16 Å². The number of hydrogen-bond acceptors (Lipinski definition) is 3. The highest BCUT2D eigenvalue weighted by Gasteiger charge is 2.56. The van der Waals surface area contributed by atoms with Gasteiger partial charge in [0.2, 0.25) is 0 Å². The van der Waals surface area contributed by atoms with Crippen LogP contribution in [0.1, 0.15) is 54.4 Å². The quantitative estimate of drug-likeness (QED) is 0.571. The third kappa shape index (κ3) is 3.84. The predicted octanol–water partition coefficient (Wildman–Crippen LogP) is 3.96. The van der Waals surface area contributed by atoms with Gasteiger partial charge in [-0.15, -0.1) is 0 Å². The van der Waals surface area contributed by atoms with Gasteiger partial charge in [-0.1, -0.05) is 41.0 Å². The summed E-state index contributed by atoms with van der Waals surface area (Å²) in [7, 11) is -1.76. The fourth-order valence-electron chi connectivity index (χ4n) is 2.51. The number of aliphatic hydroxyl groups is 1. The summed E-state index contributed by atoms with van der Waals surface area (Å²) in [6.45, 7) is 17.9. The third-order valence-electron chi connectivity index (χ3n) is 5.14. The maximum absolute atomic E-state index is 9.40. The van der Waals surface area contributed by atoms with Crippen LogP contribution in [-0.4, -0.2) is 37.8 Å². The Balaban J connectivity index is 2.75. The molecule has 4 atom stereocenters. The minimum Gasteiger partial charge on any atom is -0.414 e. The smallest absolute Gasteiger partial charge is 0.192 e. The summed E-state index contributed by atoms with van der Waals surface area (Å²) in [5.74, 6) is 0.334. The normalized spacial score (nSPS) is 30.1. The number of epoxide rings is 1. The van der Waals surface area contributed by atoms with Gasteiger partial charge in [-0.05, 0) is 31.5 Å². The zero-order chi connectivity index (χ0) is 15.8. The monoisotopic (exact) mass is 302 g/mol. The summed E-state index contributed by atoms with van der Waals surface area (Å²) >= 11 is 0. The van der Waals surface area contributed by atoms with Crippen LogP contribution in [0.15, 0.2) is 0 Å². The largest absolute Gasteiger partial charge is 0.414 e. The lowest BCUT2D eigenvalue weighted by Gasteiger charge is -2.41. The molecular weight excluding hydrogens is 268 g/mol. The van der Waals surface area contributed by atoms with Gasteiger partial charge < -0.3 is 14.3 Å². The van der Waals surface area contributed by atoms with Gasteiger partial charge in [0.15, 0.2) is 8.32 Å². The summed E-state index contributed by atoms with van der Waals surface area (Å²) in [5.41, 5.74) is -0.345. The Morgan fingerprint density at radius 1 is 1.35 bits per heavy atom. The third-order valence-corrected chi connectivity index (χ3v) is 9.65. The van der Waals surface area contributed by atoms with Gasteiger partial charge >= 0.3 is 0 Å². The van der Waals surface area contributed by atoms with Crippen molar-refractivity contribution in [2.75, 3.05) is 6.61 Å². The second kappa shape index (κ2) is 6.07. The molecule has 120 valence electrons. The van der Waals surface area contributed by atoms with Crippen molar-refractivity contribution < 1.29 is 14.3 Å². The first kappa shape index (κ1) is 18.1. The molecule has 1 saturated heterocycles. The molecule has 0 saturated carbocycles. The minimum absolute atomic E-state index is 0.0982. The lowest BCUT2D eigenvalue weighted by Crippen LogP contribution is -2.46. The fraction of sp³-hybridized carbons (Fsp3) is 1.00. The van der Waals surface area contributed by atoms with Gasteiger partial charge in [0.1, 0.15) is 5.60 Å². The summed E-state index contributed by atoms with van der Waals surface area (Å²) < 4.78 is 12.3. The Morgan fingerprint density at radius 2 is 1.90 bits per heavy atom. The Labute approximate surface area is 126 Å². The van der Waals surface area contributed by atoms with E-state index in [-0.39, 0.29) is 29.5 Å². The van der Waals surface area contributed by atoms with Crippen LogP contribution in [0, 0.1) is 5.92 Å². The highest BCUT2D eigenvalue weighted by atomic mass is 28.4. The maximum Gasteiger partial charge on any atom is 0.192 e. The lowest BCUT2D eigenvalue weighted by molar-refractivity contribution is 0.0987. The van der Waals surface area contributed by atoms with E-state index in [1.807, 2.05) is 6.92 Å². The molecule has 0 aromatic rings. The molecule has 1 heterocycles. The van der Waals surface area contributed by atoms with Crippen molar-refractivity contribution in [2.45, 2.75) is 90.3 Å². The van der Waals surface area contributed by atoms with Crippen LogP contribution in [0.25, 0.3) is 0 Å². The van der Waals surface area contributed by atoms with Gasteiger partial charge in [0.05, 0.1) is 18.8 Å². The fourth-order valence-corrected chi connectivity index (χ4v) is 3.95. The van der Waals surface area contributed by atoms with Gasteiger partial charge in [0, 0.05) is 5.92 Å². The standard InChI is InChI=1S/C16H34O3Si/c1-9-10-13(19-20(7,8)15(3,4)5)12(2)14-16(6,11-17)18-14/h12-14,17H,9-11H2,1-8H3/t12-,13+,14-,16+/m0/s1. The maximum atomic E-state index is 9.40. The molecule has 0 aromatic heterocycles. The number of aliphatic hydroxyl groups excluding tert-OH is 1. The van der Waals surface area contributed by atoms with E-state index in [4.69, 9.17) is 9.16 Å². The zero-order valence-corrected chi connectivity index (χ0v) is 15.6.